The minimum Gasteiger partial charge on any atom is -0.508 e. The first kappa shape index (κ1) is 17.1. The van der Waals surface area contributed by atoms with Crippen molar-refractivity contribution >= 4 is 0 Å². The minimum absolute atomic E-state index is 0.448. The van der Waals surface area contributed by atoms with Crippen LogP contribution in [0.15, 0.2) is 48.5 Å². The van der Waals surface area contributed by atoms with E-state index in [4.69, 9.17) is 5.11 Å². The predicted octanol–water partition coefficient (Wildman–Crippen LogP) is 4.94. The number of hydrogen-bond donors (Lipinski definition) is 1. The number of halogens is 7. The molecule has 0 aliphatic carbocycles. The number of phenols is 1. The van der Waals surface area contributed by atoms with E-state index in [9.17, 15) is 30.7 Å². The molecule has 0 aliphatic rings. The molecule has 2 aromatic rings. The van der Waals surface area contributed by atoms with Gasteiger partial charge in [0.25, 0.3) is 0 Å². The van der Waals surface area contributed by atoms with Crippen molar-refractivity contribution in [3.63, 3.8) is 0 Å². The highest BCUT2D eigenvalue weighted by molar-refractivity contribution is 5.45. The molecule has 23 heavy (non-hydrogen) atoms. The molecule has 0 saturated heterocycles. The molecule has 0 unspecified atom stereocenters. The van der Waals surface area contributed by atoms with Gasteiger partial charge in [0.15, 0.2) is 0 Å². The Labute approximate surface area is 126 Å². The summed E-state index contributed by atoms with van der Waals surface area (Å²) in [7, 11) is 0. The van der Waals surface area contributed by atoms with Gasteiger partial charge in [-0.3, -0.25) is 0 Å². The van der Waals surface area contributed by atoms with Crippen LogP contribution in [0.1, 0.15) is 11.1 Å². The van der Waals surface area contributed by atoms with Crippen molar-refractivity contribution in [2.45, 2.75) is 17.8 Å². The van der Waals surface area contributed by atoms with Gasteiger partial charge in [-0.15, -0.1) is 0 Å². The highest BCUT2D eigenvalue weighted by Crippen LogP contribution is 2.56. The fourth-order valence-electron chi connectivity index (χ4n) is 2.39. The average molecular weight is 338 g/mol. The second-order valence-corrected chi connectivity index (χ2v) is 4.80. The van der Waals surface area contributed by atoms with E-state index in [0.717, 1.165) is 12.1 Å². The summed E-state index contributed by atoms with van der Waals surface area (Å²) in [5.41, 5.74) is -6.62. The van der Waals surface area contributed by atoms with Crippen LogP contribution in [0.25, 0.3) is 0 Å². The van der Waals surface area contributed by atoms with Crippen LogP contribution >= 0.6 is 0 Å². The zero-order chi connectivity index (χ0) is 17.5. The van der Waals surface area contributed by atoms with Crippen molar-refractivity contribution in [3.8, 4) is 5.75 Å². The molecular weight excluding hydrogens is 329 g/mol. The molecular formula is C15H9F7O. The van der Waals surface area contributed by atoms with Gasteiger partial charge in [0, 0.05) is 0 Å². The lowest BCUT2D eigenvalue weighted by Gasteiger charge is -2.38. The van der Waals surface area contributed by atoms with Crippen molar-refractivity contribution in [2.24, 2.45) is 0 Å². The van der Waals surface area contributed by atoms with E-state index < -0.39 is 40.5 Å². The molecule has 124 valence electrons. The van der Waals surface area contributed by atoms with Crippen LogP contribution < -0.4 is 0 Å². The average Bonchev–Trinajstić information content (AvgIpc) is 2.40. The molecule has 0 spiro atoms. The summed E-state index contributed by atoms with van der Waals surface area (Å²) in [5.74, 6) is -1.44. The number of alkyl halides is 6. The van der Waals surface area contributed by atoms with Gasteiger partial charge < -0.3 is 5.11 Å². The summed E-state index contributed by atoms with van der Waals surface area (Å²) in [4.78, 5) is 0. The zero-order valence-corrected chi connectivity index (χ0v) is 11.2. The molecule has 8 heteroatoms. The summed E-state index contributed by atoms with van der Waals surface area (Å²) >= 11 is 0. The van der Waals surface area contributed by atoms with Gasteiger partial charge in [0.05, 0.1) is 0 Å². The highest BCUT2D eigenvalue weighted by Gasteiger charge is 2.72. The minimum atomic E-state index is -5.74. The third kappa shape index (κ3) is 2.73. The van der Waals surface area contributed by atoms with Gasteiger partial charge in [0.2, 0.25) is 5.41 Å². The molecule has 0 fully saturated rings. The Kier molecular flexibility index (Phi) is 4.04. The van der Waals surface area contributed by atoms with Crippen LogP contribution in [-0.2, 0) is 5.41 Å². The third-order valence-corrected chi connectivity index (χ3v) is 3.43. The van der Waals surface area contributed by atoms with Gasteiger partial charge >= 0.3 is 12.4 Å². The van der Waals surface area contributed by atoms with Crippen LogP contribution in [0.2, 0.25) is 0 Å². The largest absolute Gasteiger partial charge is 0.508 e. The van der Waals surface area contributed by atoms with E-state index in [1.54, 1.807) is 0 Å². The van der Waals surface area contributed by atoms with Crippen molar-refractivity contribution in [1.82, 2.24) is 0 Å². The molecule has 0 amide bonds. The highest BCUT2D eigenvalue weighted by atomic mass is 19.4. The van der Waals surface area contributed by atoms with Crippen molar-refractivity contribution in [1.29, 1.82) is 0 Å². The Bertz CT molecular complexity index is 607. The molecule has 2 rings (SSSR count). The van der Waals surface area contributed by atoms with Gasteiger partial charge in [-0.2, -0.15) is 26.3 Å². The van der Waals surface area contributed by atoms with Gasteiger partial charge in [0.1, 0.15) is 11.6 Å². The summed E-state index contributed by atoms with van der Waals surface area (Å²) in [6.07, 6.45) is -11.5. The second kappa shape index (κ2) is 5.43. The molecule has 2 aromatic carbocycles. The van der Waals surface area contributed by atoms with Crippen molar-refractivity contribution in [3.05, 3.63) is 65.5 Å². The van der Waals surface area contributed by atoms with E-state index >= 15 is 0 Å². The number of benzene rings is 2. The molecule has 0 heterocycles. The maximum absolute atomic E-state index is 13.6. The fourth-order valence-corrected chi connectivity index (χ4v) is 2.39. The first-order chi connectivity index (χ1) is 10.5. The Balaban J connectivity index is 2.86. The van der Waals surface area contributed by atoms with Crippen LogP contribution in [0, 0.1) is 5.82 Å². The molecule has 1 N–H and O–H groups in total. The second-order valence-electron chi connectivity index (χ2n) is 4.80. The number of aromatic hydroxyl groups is 1. The van der Waals surface area contributed by atoms with Crippen molar-refractivity contribution in [2.75, 3.05) is 0 Å². The quantitative estimate of drug-likeness (QED) is 0.769. The number of hydrogen-bond acceptors (Lipinski definition) is 1. The van der Waals surface area contributed by atoms with Gasteiger partial charge in [-0.05, 0) is 35.4 Å². The maximum Gasteiger partial charge on any atom is 0.411 e. The van der Waals surface area contributed by atoms with Crippen LogP contribution in [0.3, 0.4) is 0 Å². The maximum atomic E-state index is 13.6. The Morgan fingerprint density at radius 3 is 1.30 bits per heavy atom. The Morgan fingerprint density at radius 1 is 0.609 bits per heavy atom. The van der Waals surface area contributed by atoms with Crippen LogP contribution in [-0.4, -0.2) is 17.5 Å². The summed E-state index contributed by atoms with van der Waals surface area (Å²) in [6.45, 7) is 0. The lowest BCUT2D eigenvalue weighted by Crippen LogP contribution is -2.54. The molecule has 0 atom stereocenters. The van der Waals surface area contributed by atoms with Crippen LogP contribution in [0.5, 0.6) is 5.75 Å². The zero-order valence-electron chi connectivity index (χ0n) is 11.2. The van der Waals surface area contributed by atoms with E-state index in [1.807, 2.05) is 0 Å². The number of rotatable bonds is 2. The first-order valence-corrected chi connectivity index (χ1v) is 6.19. The van der Waals surface area contributed by atoms with E-state index in [-0.39, 0.29) is 0 Å². The molecule has 0 saturated carbocycles. The summed E-state index contributed by atoms with van der Waals surface area (Å²) < 4.78 is 94.3. The normalized spacial score (nSPS) is 13.2. The van der Waals surface area contributed by atoms with E-state index in [2.05, 4.69) is 0 Å². The summed E-state index contributed by atoms with van der Waals surface area (Å²) in [6, 6.07) is 4.49. The fraction of sp³-hybridized carbons (Fsp3) is 0.200. The van der Waals surface area contributed by atoms with Crippen molar-refractivity contribution < 1.29 is 35.8 Å². The monoisotopic (exact) mass is 338 g/mol. The van der Waals surface area contributed by atoms with Crippen LogP contribution in [0.4, 0.5) is 30.7 Å². The topological polar surface area (TPSA) is 20.2 Å². The number of phenolic OH excluding ortho intramolecular Hbond substituents is 1. The Hall–Kier alpha value is -2.25. The molecule has 1 nitrogen and oxygen atoms in total. The lowest BCUT2D eigenvalue weighted by molar-refractivity contribution is -0.288. The molecule has 0 radical (unpaired) electrons. The first-order valence-electron chi connectivity index (χ1n) is 6.19. The Morgan fingerprint density at radius 2 is 0.957 bits per heavy atom. The van der Waals surface area contributed by atoms with Gasteiger partial charge in [-0.1, -0.05) is 24.3 Å². The standard InChI is InChI=1S/C15H9F7O/c16-11-5-1-9(2-6-11)13(14(17,18)19,15(20,21)22)10-3-7-12(23)8-4-10/h1-8,23H. The molecule has 0 aliphatic heterocycles. The van der Waals surface area contributed by atoms with E-state index in [1.165, 1.54) is 0 Å². The predicted molar refractivity (Wildman–Crippen MR) is 67.4 cm³/mol. The lowest BCUT2D eigenvalue weighted by atomic mass is 9.73. The molecule has 0 aromatic heterocycles. The molecule has 0 bridgehead atoms. The van der Waals surface area contributed by atoms with Gasteiger partial charge in [-0.25, -0.2) is 4.39 Å². The SMILES string of the molecule is Oc1ccc(C(c2ccc(F)cc2)(C(F)(F)F)C(F)(F)F)cc1. The van der Waals surface area contributed by atoms with E-state index in [0.29, 0.717) is 36.4 Å². The summed E-state index contributed by atoms with van der Waals surface area (Å²) in [5, 5.41) is 9.12. The third-order valence-electron chi connectivity index (χ3n) is 3.43. The smallest absolute Gasteiger partial charge is 0.411 e.